The number of rotatable bonds is 2. The van der Waals surface area contributed by atoms with E-state index in [1.165, 1.54) is 19.3 Å². The minimum absolute atomic E-state index is 0.00978. The van der Waals surface area contributed by atoms with Crippen molar-refractivity contribution in [2.75, 3.05) is 13.2 Å². The van der Waals surface area contributed by atoms with Gasteiger partial charge in [0.2, 0.25) is 0 Å². The van der Waals surface area contributed by atoms with Crippen molar-refractivity contribution in [1.82, 2.24) is 0 Å². The first kappa shape index (κ1) is 24.3. The van der Waals surface area contributed by atoms with Gasteiger partial charge in [0.05, 0.1) is 6.10 Å². The quantitative estimate of drug-likeness (QED) is 0.437. The lowest BCUT2D eigenvalue weighted by Gasteiger charge is -2.71. The highest BCUT2D eigenvalue weighted by Gasteiger charge is 2.68. The first-order valence-electron chi connectivity index (χ1n) is 13.9. The van der Waals surface area contributed by atoms with Gasteiger partial charge in [0.15, 0.2) is 0 Å². The van der Waals surface area contributed by atoms with Gasteiger partial charge in [-0.05, 0) is 109 Å². The molecule has 0 bridgehead atoms. The second kappa shape index (κ2) is 7.32. The molecule has 0 aromatic rings. The van der Waals surface area contributed by atoms with Crippen LogP contribution < -0.4 is 0 Å². The molecule has 0 spiro atoms. The van der Waals surface area contributed by atoms with Gasteiger partial charge < -0.3 is 15.3 Å². The maximum absolute atomic E-state index is 10.9. The van der Waals surface area contributed by atoms with Gasteiger partial charge in [0, 0.05) is 18.6 Å². The van der Waals surface area contributed by atoms with Crippen LogP contribution in [0.25, 0.3) is 0 Å². The maximum Gasteiger partial charge on any atom is 0.0594 e. The standard InChI is InChI=1S/C30H50O3/c1-25(2)22-9-12-29(6)23(27(22,4)11-10-24(25)33)8-7-20-21-17-26(3,18-31)13-15-30(21,19-32)16-14-28(20,29)5/h7,21-24,31-33H,8-19H2,1-6H3/t21-,22-,23+,24-,26-,27-,28+,29+,30+/m0/s1. The Hall–Kier alpha value is -0.380. The topological polar surface area (TPSA) is 60.7 Å². The summed E-state index contributed by atoms with van der Waals surface area (Å²) in [5.41, 5.74) is 2.33. The van der Waals surface area contributed by atoms with Gasteiger partial charge in [0.1, 0.15) is 0 Å². The normalized spacial score (nSPS) is 55.5. The van der Waals surface area contributed by atoms with Crippen molar-refractivity contribution in [2.24, 2.45) is 50.2 Å². The minimum atomic E-state index is -0.177. The molecular weight excluding hydrogens is 408 g/mol. The van der Waals surface area contributed by atoms with Gasteiger partial charge in [0.25, 0.3) is 0 Å². The zero-order chi connectivity index (χ0) is 24.1. The van der Waals surface area contributed by atoms with Crippen LogP contribution in [0.15, 0.2) is 11.6 Å². The summed E-state index contributed by atoms with van der Waals surface area (Å²) >= 11 is 0. The molecule has 3 nitrogen and oxygen atoms in total. The zero-order valence-electron chi connectivity index (χ0n) is 22.2. The Morgan fingerprint density at radius 3 is 2.18 bits per heavy atom. The van der Waals surface area contributed by atoms with Gasteiger partial charge in [-0.15, -0.1) is 0 Å². The highest BCUT2D eigenvalue weighted by Crippen LogP contribution is 2.75. The fourth-order valence-electron chi connectivity index (χ4n) is 10.7. The maximum atomic E-state index is 10.9. The number of hydrogen-bond acceptors (Lipinski definition) is 3. The van der Waals surface area contributed by atoms with Crippen molar-refractivity contribution >= 4 is 0 Å². The van der Waals surface area contributed by atoms with Gasteiger partial charge in [-0.25, -0.2) is 0 Å². The van der Waals surface area contributed by atoms with Crippen molar-refractivity contribution in [3.8, 4) is 0 Å². The Kier molecular flexibility index (Phi) is 5.40. The average molecular weight is 459 g/mol. The third-order valence-electron chi connectivity index (χ3n) is 13.4. The van der Waals surface area contributed by atoms with Crippen molar-refractivity contribution < 1.29 is 15.3 Å². The number of aliphatic hydroxyl groups excluding tert-OH is 3. The van der Waals surface area contributed by atoms with Gasteiger partial charge >= 0.3 is 0 Å². The van der Waals surface area contributed by atoms with Crippen molar-refractivity contribution in [3.05, 3.63) is 11.6 Å². The van der Waals surface area contributed by atoms with E-state index < -0.39 is 0 Å². The van der Waals surface area contributed by atoms with E-state index in [4.69, 9.17) is 0 Å². The lowest BCUT2D eigenvalue weighted by atomic mass is 9.33. The monoisotopic (exact) mass is 458 g/mol. The number of allylic oxidation sites excluding steroid dienone is 2. The molecule has 188 valence electrons. The van der Waals surface area contributed by atoms with Crippen LogP contribution in [0.3, 0.4) is 0 Å². The zero-order valence-corrected chi connectivity index (χ0v) is 22.2. The molecule has 4 saturated carbocycles. The fourth-order valence-corrected chi connectivity index (χ4v) is 10.7. The third kappa shape index (κ3) is 2.97. The van der Waals surface area contributed by atoms with Gasteiger partial charge in [-0.3, -0.25) is 0 Å². The van der Waals surface area contributed by atoms with Crippen LogP contribution in [0.5, 0.6) is 0 Å². The SMILES string of the molecule is CC1(C)[C@@H](O)CC[C@]2(C)[C@H]3CC=C4[C@@H]5C[C@@](C)(CO)CC[C@]5(CO)CC[C@@]4(C)[C@]3(C)CC[C@@H]12. The Balaban J connectivity index is 1.57. The molecule has 33 heavy (non-hydrogen) atoms. The molecule has 5 aliphatic rings. The third-order valence-corrected chi connectivity index (χ3v) is 13.4. The molecule has 0 aromatic heterocycles. The molecule has 0 aromatic carbocycles. The molecule has 0 radical (unpaired) electrons. The van der Waals surface area contributed by atoms with E-state index in [9.17, 15) is 15.3 Å². The molecule has 0 amide bonds. The van der Waals surface area contributed by atoms with Crippen molar-refractivity contribution in [1.29, 1.82) is 0 Å². The lowest BCUT2D eigenvalue weighted by molar-refractivity contribution is -0.205. The van der Waals surface area contributed by atoms with E-state index in [0.29, 0.717) is 24.4 Å². The molecule has 9 atom stereocenters. The molecule has 5 aliphatic carbocycles. The van der Waals surface area contributed by atoms with Crippen LogP contribution in [0.1, 0.15) is 106 Å². The van der Waals surface area contributed by atoms with E-state index in [2.05, 4.69) is 47.6 Å². The first-order chi connectivity index (χ1) is 15.3. The average Bonchev–Trinajstić information content (AvgIpc) is 2.77. The van der Waals surface area contributed by atoms with Crippen LogP contribution in [0.2, 0.25) is 0 Å². The van der Waals surface area contributed by atoms with Crippen LogP contribution >= 0.6 is 0 Å². The summed E-state index contributed by atoms with van der Waals surface area (Å²) < 4.78 is 0. The molecular formula is C30H50O3. The molecule has 5 rings (SSSR count). The van der Waals surface area contributed by atoms with Crippen LogP contribution in [-0.4, -0.2) is 34.6 Å². The summed E-state index contributed by atoms with van der Waals surface area (Å²) in [5.74, 6) is 1.64. The van der Waals surface area contributed by atoms with E-state index in [1.54, 1.807) is 5.57 Å². The number of fused-ring (bicyclic) bond motifs is 7. The molecule has 0 saturated heterocycles. The predicted octanol–water partition coefficient (Wildman–Crippen LogP) is 6.11. The highest BCUT2D eigenvalue weighted by molar-refractivity contribution is 5.33. The highest BCUT2D eigenvalue weighted by atomic mass is 16.3. The van der Waals surface area contributed by atoms with Crippen molar-refractivity contribution in [3.63, 3.8) is 0 Å². The van der Waals surface area contributed by atoms with E-state index in [1.807, 2.05) is 0 Å². The van der Waals surface area contributed by atoms with E-state index >= 15 is 0 Å². The van der Waals surface area contributed by atoms with Crippen LogP contribution in [0.4, 0.5) is 0 Å². The summed E-state index contributed by atoms with van der Waals surface area (Å²) in [4.78, 5) is 0. The molecule has 3 N–H and O–H groups in total. The number of hydrogen-bond donors (Lipinski definition) is 3. The van der Waals surface area contributed by atoms with Crippen LogP contribution in [-0.2, 0) is 0 Å². The molecule has 0 heterocycles. The predicted molar refractivity (Wildman–Crippen MR) is 134 cm³/mol. The van der Waals surface area contributed by atoms with E-state index in [0.717, 1.165) is 44.9 Å². The summed E-state index contributed by atoms with van der Waals surface area (Å²) in [7, 11) is 0. The van der Waals surface area contributed by atoms with Gasteiger partial charge in [-0.2, -0.15) is 0 Å². The van der Waals surface area contributed by atoms with Gasteiger partial charge in [-0.1, -0.05) is 53.2 Å². The van der Waals surface area contributed by atoms with E-state index in [-0.39, 0.29) is 45.2 Å². The second-order valence-corrected chi connectivity index (χ2v) is 14.9. The molecule has 3 heteroatoms. The minimum Gasteiger partial charge on any atom is -0.396 e. The summed E-state index contributed by atoms with van der Waals surface area (Å²) in [6.07, 6.45) is 13.6. The Labute approximate surface area is 202 Å². The smallest absolute Gasteiger partial charge is 0.0594 e. The Bertz CT molecular complexity index is 832. The van der Waals surface area contributed by atoms with Crippen LogP contribution in [0, 0.1) is 50.2 Å². The molecule has 0 unspecified atom stereocenters. The first-order valence-corrected chi connectivity index (χ1v) is 13.9. The Morgan fingerprint density at radius 1 is 0.818 bits per heavy atom. The summed E-state index contributed by atoms with van der Waals surface area (Å²) in [5, 5.41) is 31.8. The number of aliphatic hydroxyl groups is 3. The lowest BCUT2D eigenvalue weighted by Crippen LogP contribution is -2.64. The van der Waals surface area contributed by atoms with Crippen molar-refractivity contribution in [2.45, 2.75) is 112 Å². The molecule has 4 fully saturated rings. The largest absolute Gasteiger partial charge is 0.396 e. The molecule has 0 aliphatic heterocycles. The Morgan fingerprint density at radius 2 is 1.52 bits per heavy atom. The fraction of sp³-hybridized carbons (Fsp3) is 0.933. The second-order valence-electron chi connectivity index (χ2n) is 14.9. The summed E-state index contributed by atoms with van der Waals surface area (Å²) in [6, 6.07) is 0. The summed E-state index contributed by atoms with van der Waals surface area (Å²) in [6.45, 7) is 15.2.